The summed E-state index contributed by atoms with van der Waals surface area (Å²) in [6.45, 7) is 11.8. The van der Waals surface area contributed by atoms with Gasteiger partial charge in [0.1, 0.15) is 11.4 Å². The van der Waals surface area contributed by atoms with Crippen LogP contribution in [0.1, 0.15) is 56.4 Å². The number of carbonyl (C=O) groups excluding carboxylic acids is 2. The Hall–Kier alpha value is -3.94. The number of rotatable bonds is 8. The number of pyridine rings is 2. The quantitative estimate of drug-likeness (QED) is 0.413. The Kier molecular flexibility index (Phi) is 8.64. The van der Waals surface area contributed by atoms with E-state index in [2.05, 4.69) is 20.6 Å². The molecule has 0 aliphatic carbocycles. The molecule has 0 bridgehead atoms. The maximum absolute atomic E-state index is 13.0. The SMILES string of the molecule is Cc1ccc(C(=O)Nc2ccc(N(CCc3ccccn3)C(=O)OC(C)(C)C)cc2)c(NC(C)C)n1. The van der Waals surface area contributed by atoms with Gasteiger partial charge in [0.25, 0.3) is 5.91 Å². The fraction of sp³-hybridized carbons (Fsp3) is 0.357. The summed E-state index contributed by atoms with van der Waals surface area (Å²) in [7, 11) is 0. The van der Waals surface area contributed by atoms with Crippen molar-refractivity contribution in [2.45, 2.75) is 59.6 Å². The number of anilines is 3. The van der Waals surface area contributed by atoms with Crippen molar-refractivity contribution in [3.63, 3.8) is 0 Å². The Labute approximate surface area is 213 Å². The Morgan fingerprint density at radius 3 is 2.36 bits per heavy atom. The zero-order valence-electron chi connectivity index (χ0n) is 21.8. The van der Waals surface area contributed by atoms with E-state index in [0.29, 0.717) is 35.7 Å². The summed E-state index contributed by atoms with van der Waals surface area (Å²) >= 11 is 0. The van der Waals surface area contributed by atoms with E-state index in [1.807, 2.05) is 65.8 Å². The van der Waals surface area contributed by atoms with E-state index in [1.165, 1.54) is 0 Å². The topological polar surface area (TPSA) is 96.5 Å². The number of nitrogens with one attached hydrogen (secondary N) is 2. The van der Waals surface area contributed by atoms with Gasteiger partial charge in [0.2, 0.25) is 0 Å². The lowest BCUT2D eigenvalue weighted by atomic mass is 10.2. The third-order valence-electron chi connectivity index (χ3n) is 5.07. The number of hydrogen-bond donors (Lipinski definition) is 2. The van der Waals surface area contributed by atoms with Crippen molar-refractivity contribution in [3.8, 4) is 0 Å². The number of carbonyl (C=O) groups is 2. The molecule has 0 fully saturated rings. The molecule has 0 atom stereocenters. The van der Waals surface area contributed by atoms with Crippen LogP contribution in [0.15, 0.2) is 60.8 Å². The van der Waals surface area contributed by atoms with E-state index in [0.717, 1.165) is 11.4 Å². The van der Waals surface area contributed by atoms with Crippen molar-refractivity contribution < 1.29 is 14.3 Å². The predicted octanol–water partition coefficient (Wildman–Crippen LogP) is 5.84. The van der Waals surface area contributed by atoms with Crippen LogP contribution in [0.4, 0.5) is 22.0 Å². The van der Waals surface area contributed by atoms with E-state index in [4.69, 9.17) is 4.74 Å². The largest absolute Gasteiger partial charge is 0.443 e. The second-order valence-corrected chi connectivity index (χ2v) is 9.85. The predicted molar refractivity (Wildman–Crippen MR) is 144 cm³/mol. The molecular weight excluding hydrogens is 454 g/mol. The molecule has 0 aliphatic heterocycles. The van der Waals surface area contributed by atoms with Crippen LogP contribution in [0.25, 0.3) is 0 Å². The van der Waals surface area contributed by atoms with Gasteiger partial charge in [0, 0.05) is 48.0 Å². The van der Waals surface area contributed by atoms with E-state index < -0.39 is 11.7 Å². The first-order chi connectivity index (χ1) is 17.0. The van der Waals surface area contributed by atoms with Gasteiger partial charge in [-0.1, -0.05) is 6.07 Å². The van der Waals surface area contributed by atoms with Gasteiger partial charge in [0.05, 0.1) is 5.56 Å². The molecule has 0 spiro atoms. The smallest absolute Gasteiger partial charge is 0.414 e. The third-order valence-corrected chi connectivity index (χ3v) is 5.07. The molecule has 0 saturated heterocycles. The van der Waals surface area contributed by atoms with Crippen molar-refractivity contribution in [1.82, 2.24) is 9.97 Å². The summed E-state index contributed by atoms with van der Waals surface area (Å²) < 4.78 is 5.63. The van der Waals surface area contributed by atoms with E-state index >= 15 is 0 Å². The van der Waals surface area contributed by atoms with Crippen LogP contribution in [-0.2, 0) is 11.2 Å². The summed E-state index contributed by atoms with van der Waals surface area (Å²) in [4.78, 5) is 36.4. The minimum absolute atomic E-state index is 0.134. The molecule has 2 heterocycles. The lowest BCUT2D eigenvalue weighted by Crippen LogP contribution is -2.38. The van der Waals surface area contributed by atoms with Gasteiger partial charge < -0.3 is 15.4 Å². The van der Waals surface area contributed by atoms with Crippen LogP contribution in [0, 0.1) is 6.92 Å². The molecule has 2 aromatic heterocycles. The van der Waals surface area contributed by atoms with Gasteiger partial charge in [-0.2, -0.15) is 0 Å². The van der Waals surface area contributed by atoms with E-state index in [-0.39, 0.29) is 11.9 Å². The standard InChI is InChI=1S/C28H35N5O3/c1-19(2)30-25-24(15-10-20(3)31-25)26(34)32-22-11-13-23(14-12-22)33(27(35)36-28(4,5)6)18-16-21-9-7-8-17-29-21/h7-15,17,19H,16,18H2,1-6H3,(H,30,31)(H,32,34). The lowest BCUT2D eigenvalue weighted by Gasteiger charge is -2.27. The zero-order valence-corrected chi connectivity index (χ0v) is 21.8. The van der Waals surface area contributed by atoms with Gasteiger partial charge in [-0.3, -0.25) is 14.7 Å². The van der Waals surface area contributed by atoms with Gasteiger partial charge in [-0.05, 0) is 90.1 Å². The average Bonchev–Trinajstić information content (AvgIpc) is 2.79. The number of aromatic nitrogens is 2. The third kappa shape index (κ3) is 7.80. The summed E-state index contributed by atoms with van der Waals surface area (Å²) in [6.07, 6.45) is 1.87. The first kappa shape index (κ1) is 26.7. The van der Waals surface area contributed by atoms with Crippen LogP contribution in [0.5, 0.6) is 0 Å². The van der Waals surface area contributed by atoms with Crippen molar-refractivity contribution >= 4 is 29.2 Å². The fourth-order valence-electron chi connectivity index (χ4n) is 3.46. The molecule has 190 valence electrons. The Bertz CT molecular complexity index is 1170. The Balaban J connectivity index is 1.77. The molecule has 2 amide bonds. The fourth-order valence-corrected chi connectivity index (χ4v) is 3.46. The second-order valence-electron chi connectivity index (χ2n) is 9.85. The lowest BCUT2D eigenvalue weighted by molar-refractivity contribution is 0.0580. The molecule has 0 saturated carbocycles. The van der Waals surface area contributed by atoms with Crippen molar-refractivity contribution in [2.75, 3.05) is 22.1 Å². The van der Waals surface area contributed by atoms with E-state index in [1.54, 1.807) is 41.4 Å². The number of ether oxygens (including phenoxy) is 1. The van der Waals surface area contributed by atoms with Crippen LogP contribution < -0.4 is 15.5 Å². The van der Waals surface area contributed by atoms with E-state index in [9.17, 15) is 9.59 Å². The number of hydrogen-bond acceptors (Lipinski definition) is 6. The number of aryl methyl sites for hydroxylation is 1. The van der Waals surface area contributed by atoms with Crippen molar-refractivity contribution in [2.24, 2.45) is 0 Å². The van der Waals surface area contributed by atoms with Gasteiger partial charge >= 0.3 is 6.09 Å². The number of nitrogens with zero attached hydrogens (tertiary/aromatic N) is 3. The van der Waals surface area contributed by atoms with Crippen LogP contribution in [0.3, 0.4) is 0 Å². The molecule has 2 N–H and O–H groups in total. The molecule has 36 heavy (non-hydrogen) atoms. The minimum Gasteiger partial charge on any atom is -0.443 e. The molecular formula is C28H35N5O3. The summed E-state index contributed by atoms with van der Waals surface area (Å²) in [5.74, 6) is 0.280. The zero-order chi connectivity index (χ0) is 26.3. The number of amides is 2. The van der Waals surface area contributed by atoms with Gasteiger partial charge in [-0.25, -0.2) is 9.78 Å². The highest BCUT2D eigenvalue weighted by Gasteiger charge is 2.24. The normalized spacial score (nSPS) is 11.2. The van der Waals surface area contributed by atoms with Crippen molar-refractivity contribution in [3.05, 3.63) is 77.7 Å². The molecule has 3 rings (SSSR count). The minimum atomic E-state index is -0.627. The second kappa shape index (κ2) is 11.7. The highest BCUT2D eigenvalue weighted by atomic mass is 16.6. The molecule has 0 aliphatic rings. The van der Waals surface area contributed by atoms with Gasteiger partial charge in [0.15, 0.2) is 0 Å². The highest BCUT2D eigenvalue weighted by Crippen LogP contribution is 2.23. The Morgan fingerprint density at radius 1 is 1.03 bits per heavy atom. The molecule has 1 aromatic carbocycles. The summed E-state index contributed by atoms with van der Waals surface area (Å²) in [5.41, 5.74) is 2.81. The van der Waals surface area contributed by atoms with Crippen LogP contribution in [-0.4, -0.2) is 40.2 Å². The maximum Gasteiger partial charge on any atom is 0.414 e. The highest BCUT2D eigenvalue weighted by molar-refractivity contribution is 6.07. The summed E-state index contributed by atoms with van der Waals surface area (Å²) in [6, 6.07) is 16.5. The van der Waals surface area contributed by atoms with Gasteiger partial charge in [-0.15, -0.1) is 0 Å². The molecule has 0 radical (unpaired) electrons. The summed E-state index contributed by atoms with van der Waals surface area (Å²) in [5, 5.41) is 6.15. The molecule has 8 nitrogen and oxygen atoms in total. The van der Waals surface area contributed by atoms with Crippen LogP contribution >= 0.6 is 0 Å². The average molecular weight is 490 g/mol. The molecule has 8 heteroatoms. The maximum atomic E-state index is 13.0. The molecule has 3 aromatic rings. The van der Waals surface area contributed by atoms with Crippen LogP contribution in [0.2, 0.25) is 0 Å². The first-order valence-electron chi connectivity index (χ1n) is 12.1. The van der Waals surface area contributed by atoms with Crippen molar-refractivity contribution in [1.29, 1.82) is 0 Å². The first-order valence-corrected chi connectivity index (χ1v) is 12.1. The monoisotopic (exact) mass is 489 g/mol. The molecule has 0 unspecified atom stereocenters. The number of benzene rings is 1. The Morgan fingerprint density at radius 2 is 1.75 bits per heavy atom.